The molecule has 4 rings (SSSR count). The van der Waals surface area contributed by atoms with Crippen molar-refractivity contribution < 1.29 is 14.3 Å². The summed E-state index contributed by atoms with van der Waals surface area (Å²) < 4.78 is 6.25. The van der Waals surface area contributed by atoms with Crippen LogP contribution >= 0.6 is 0 Å². The molecule has 1 saturated heterocycles. The Bertz CT molecular complexity index is 879. The third kappa shape index (κ3) is 5.50. The molecule has 0 radical (unpaired) electrons. The van der Waals surface area contributed by atoms with E-state index in [4.69, 9.17) is 4.74 Å². The van der Waals surface area contributed by atoms with Crippen molar-refractivity contribution in [3.8, 4) is 0 Å². The van der Waals surface area contributed by atoms with Crippen molar-refractivity contribution in [1.29, 1.82) is 0 Å². The fourth-order valence-corrected chi connectivity index (χ4v) is 4.51. The van der Waals surface area contributed by atoms with Gasteiger partial charge in [0.2, 0.25) is 5.91 Å². The van der Waals surface area contributed by atoms with Gasteiger partial charge < -0.3 is 14.5 Å². The van der Waals surface area contributed by atoms with Crippen molar-refractivity contribution in [2.75, 3.05) is 19.6 Å². The minimum Gasteiger partial charge on any atom is -0.370 e. The first-order valence-corrected chi connectivity index (χ1v) is 11.3. The maximum atomic E-state index is 13.2. The van der Waals surface area contributed by atoms with E-state index in [1.807, 2.05) is 48.2 Å². The number of carbonyl (C=O) groups excluding carboxylic acids is 2. The molecule has 1 saturated carbocycles. The number of benzene rings is 1. The zero-order valence-corrected chi connectivity index (χ0v) is 18.2. The SMILES string of the molecule is Cc1ccc(C(=O)N2CC(=O)N(C3CCCCC3)CC(OCc3ccccc3)C2)cn1. The third-order valence-corrected chi connectivity index (χ3v) is 6.26. The number of ether oxygens (including phenoxy) is 1. The van der Waals surface area contributed by atoms with E-state index in [1.165, 1.54) is 6.42 Å². The van der Waals surface area contributed by atoms with Gasteiger partial charge in [-0.25, -0.2) is 0 Å². The topological polar surface area (TPSA) is 62.7 Å². The van der Waals surface area contributed by atoms with Gasteiger partial charge in [-0.1, -0.05) is 49.6 Å². The van der Waals surface area contributed by atoms with Crippen molar-refractivity contribution >= 4 is 11.8 Å². The fraction of sp³-hybridized carbons (Fsp3) is 0.480. The van der Waals surface area contributed by atoms with Gasteiger partial charge in [0.05, 0.1) is 18.3 Å². The smallest absolute Gasteiger partial charge is 0.255 e. The monoisotopic (exact) mass is 421 g/mol. The lowest BCUT2D eigenvalue weighted by Crippen LogP contribution is -2.46. The molecule has 164 valence electrons. The van der Waals surface area contributed by atoms with Gasteiger partial charge in [0.15, 0.2) is 0 Å². The largest absolute Gasteiger partial charge is 0.370 e. The highest BCUT2D eigenvalue weighted by Gasteiger charge is 2.35. The molecule has 2 amide bonds. The second-order valence-corrected chi connectivity index (χ2v) is 8.63. The van der Waals surface area contributed by atoms with Gasteiger partial charge in [-0.05, 0) is 37.5 Å². The summed E-state index contributed by atoms with van der Waals surface area (Å²) in [6.07, 6.45) is 6.97. The number of aryl methyl sites for hydroxylation is 1. The first kappa shape index (κ1) is 21.5. The average Bonchev–Trinajstić information content (AvgIpc) is 2.98. The summed E-state index contributed by atoms with van der Waals surface area (Å²) in [5, 5.41) is 0. The molecule has 1 unspecified atom stereocenters. The lowest BCUT2D eigenvalue weighted by atomic mass is 9.94. The summed E-state index contributed by atoms with van der Waals surface area (Å²) in [6.45, 7) is 3.38. The van der Waals surface area contributed by atoms with Gasteiger partial charge in [0.1, 0.15) is 6.54 Å². The molecule has 2 aromatic rings. The highest BCUT2D eigenvalue weighted by atomic mass is 16.5. The van der Waals surface area contributed by atoms with E-state index in [-0.39, 0.29) is 30.5 Å². The number of amides is 2. The second kappa shape index (κ2) is 10.1. The Morgan fingerprint density at radius 3 is 2.55 bits per heavy atom. The van der Waals surface area contributed by atoms with Crippen LogP contribution in [0.2, 0.25) is 0 Å². The van der Waals surface area contributed by atoms with Crippen LogP contribution in [0.5, 0.6) is 0 Å². The molecule has 31 heavy (non-hydrogen) atoms. The van der Waals surface area contributed by atoms with E-state index in [9.17, 15) is 9.59 Å². The normalized spacial score (nSPS) is 20.5. The van der Waals surface area contributed by atoms with Crippen LogP contribution in [0.4, 0.5) is 0 Å². The molecule has 6 nitrogen and oxygen atoms in total. The Kier molecular flexibility index (Phi) is 6.97. The van der Waals surface area contributed by atoms with Gasteiger partial charge in [0, 0.05) is 31.0 Å². The molecule has 6 heteroatoms. The third-order valence-electron chi connectivity index (χ3n) is 6.26. The van der Waals surface area contributed by atoms with Gasteiger partial charge in [-0.15, -0.1) is 0 Å². The van der Waals surface area contributed by atoms with Crippen LogP contribution in [0.1, 0.15) is 53.7 Å². The Balaban J connectivity index is 1.52. The number of rotatable bonds is 5. The molecule has 1 aliphatic carbocycles. The van der Waals surface area contributed by atoms with E-state index >= 15 is 0 Å². The molecule has 2 aliphatic rings. The molecule has 0 N–H and O–H groups in total. The number of carbonyl (C=O) groups is 2. The number of nitrogens with zero attached hydrogens (tertiary/aromatic N) is 3. The highest BCUT2D eigenvalue weighted by Crippen LogP contribution is 2.25. The molecule has 0 spiro atoms. The van der Waals surface area contributed by atoms with Crippen molar-refractivity contribution in [2.45, 2.75) is 57.8 Å². The number of aromatic nitrogens is 1. The first-order chi connectivity index (χ1) is 15.1. The van der Waals surface area contributed by atoms with Crippen LogP contribution in [0, 0.1) is 6.92 Å². The van der Waals surface area contributed by atoms with E-state index in [2.05, 4.69) is 4.98 Å². The molecule has 0 bridgehead atoms. The van der Waals surface area contributed by atoms with Gasteiger partial charge in [-0.3, -0.25) is 14.6 Å². The van der Waals surface area contributed by atoms with Gasteiger partial charge in [-0.2, -0.15) is 0 Å². The van der Waals surface area contributed by atoms with E-state index in [0.717, 1.165) is 36.9 Å². The highest BCUT2D eigenvalue weighted by molar-refractivity contribution is 5.96. The summed E-state index contributed by atoms with van der Waals surface area (Å²) in [7, 11) is 0. The predicted octanol–water partition coefficient (Wildman–Crippen LogP) is 3.59. The molecule has 1 aromatic heterocycles. The Hall–Kier alpha value is -2.73. The maximum absolute atomic E-state index is 13.2. The van der Waals surface area contributed by atoms with Gasteiger partial charge in [0.25, 0.3) is 5.91 Å². The minimum absolute atomic E-state index is 0.0196. The quantitative estimate of drug-likeness (QED) is 0.740. The Morgan fingerprint density at radius 2 is 1.84 bits per heavy atom. The molecule has 1 aromatic carbocycles. The summed E-state index contributed by atoms with van der Waals surface area (Å²) in [6, 6.07) is 13.9. The van der Waals surface area contributed by atoms with E-state index in [1.54, 1.807) is 17.2 Å². The fourth-order valence-electron chi connectivity index (χ4n) is 4.51. The van der Waals surface area contributed by atoms with E-state index < -0.39 is 0 Å². The summed E-state index contributed by atoms with van der Waals surface area (Å²) in [5.74, 6) is -0.147. The second-order valence-electron chi connectivity index (χ2n) is 8.63. The number of pyridine rings is 1. The molecule has 1 aliphatic heterocycles. The number of hydrogen-bond donors (Lipinski definition) is 0. The van der Waals surface area contributed by atoms with Crippen molar-refractivity contribution in [3.63, 3.8) is 0 Å². The zero-order valence-electron chi connectivity index (χ0n) is 18.2. The van der Waals surface area contributed by atoms with Crippen LogP contribution in [-0.2, 0) is 16.1 Å². The Labute approximate surface area is 184 Å². The number of hydrogen-bond acceptors (Lipinski definition) is 4. The van der Waals surface area contributed by atoms with Crippen molar-refractivity contribution in [2.24, 2.45) is 0 Å². The molecular weight excluding hydrogens is 390 g/mol. The van der Waals surface area contributed by atoms with Crippen molar-refractivity contribution in [1.82, 2.24) is 14.8 Å². The Morgan fingerprint density at radius 1 is 1.06 bits per heavy atom. The van der Waals surface area contributed by atoms with Crippen LogP contribution in [0.25, 0.3) is 0 Å². The summed E-state index contributed by atoms with van der Waals surface area (Å²) in [5.41, 5.74) is 2.45. The first-order valence-electron chi connectivity index (χ1n) is 11.3. The summed E-state index contributed by atoms with van der Waals surface area (Å²) in [4.78, 5) is 34.2. The van der Waals surface area contributed by atoms with Crippen molar-refractivity contribution in [3.05, 3.63) is 65.5 Å². The van der Waals surface area contributed by atoms with Crippen LogP contribution in [0.15, 0.2) is 48.7 Å². The lowest BCUT2D eigenvalue weighted by Gasteiger charge is -2.34. The maximum Gasteiger partial charge on any atom is 0.255 e. The zero-order chi connectivity index (χ0) is 21.6. The van der Waals surface area contributed by atoms with Crippen LogP contribution in [-0.4, -0.2) is 58.4 Å². The average molecular weight is 422 g/mol. The molecule has 1 atom stereocenters. The van der Waals surface area contributed by atoms with Crippen LogP contribution < -0.4 is 0 Å². The standard InChI is InChI=1S/C25H31N3O3/c1-19-12-13-21(14-26-19)25(30)27-15-23(31-18-20-8-4-2-5-9-20)16-28(24(29)17-27)22-10-6-3-7-11-22/h2,4-5,8-9,12-14,22-23H,3,6-7,10-11,15-18H2,1H3. The molecule has 2 heterocycles. The van der Waals surface area contributed by atoms with Crippen LogP contribution in [0.3, 0.4) is 0 Å². The minimum atomic E-state index is -0.226. The van der Waals surface area contributed by atoms with Gasteiger partial charge >= 0.3 is 0 Å². The molecular formula is C25H31N3O3. The molecule has 2 fully saturated rings. The summed E-state index contributed by atoms with van der Waals surface area (Å²) >= 11 is 0. The predicted molar refractivity (Wildman–Crippen MR) is 118 cm³/mol. The van der Waals surface area contributed by atoms with E-state index in [0.29, 0.717) is 25.3 Å². The lowest BCUT2D eigenvalue weighted by molar-refractivity contribution is -0.134.